The summed E-state index contributed by atoms with van der Waals surface area (Å²) < 4.78 is 13.0. The van der Waals surface area contributed by atoms with E-state index in [1.807, 2.05) is 0 Å². The summed E-state index contributed by atoms with van der Waals surface area (Å²) in [6, 6.07) is 4.09. The fourth-order valence-corrected chi connectivity index (χ4v) is 2.54. The molecule has 0 saturated carbocycles. The van der Waals surface area contributed by atoms with Gasteiger partial charge in [-0.05, 0) is 31.0 Å². The van der Waals surface area contributed by atoms with Gasteiger partial charge in [-0.3, -0.25) is 9.89 Å². The van der Waals surface area contributed by atoms with Gasteiger partial charge in [0.15, 0.2) is 5.78 Å². The lowest BCUT2D eigenvalue weighted by Gasteiger charge is -2.10. The van der Waals surface area contributed by atoms with Gasteiger partial charge in [0, 0.05) is 17.7 Å². The fourth-order valence-electron chi connectivity index (χ4n) is 2.29. The lowest BCUT2D eigenvalue weighted by atomic mass is 9.92. The quantitative estimate of drug-likeness (QED) is 0.858. The fraction of sp³-hybridized carbons (Fsp3) is 0.231. The predicted molar refractivity (Wildman–Crippen MR) is 66.3 cm³/mol. The second-order valence-electron chi connectivity index (χ2n) is 4.33. The molecule has 0 aliphatic heterocycles. The van der Waals surface area contributed by atoms with E-state index in [0.717, 1.165) is 18.5 Å². The highest BCUT2D eigenvalue weighted by Crippen LogP contribution is 2.33. The number of aromatic nitrogens is 2. The van der Waals surface area contributed by atoms with Crippen molar-refractivity contribution in [2.45, 2.75) is 19.3 Å². The molecule has 2 aromatic rings. The van der Waals surface area contributed by atoms with E-state index in [-0.39, 0.29) is 10.8 Å². The molecule has 92 valence electrons. The molecule has 1 aliphatic rings. The van der Waals surface area contributed by atoms with E-state index in [1.54, 1.807) is 6.07 Å². The summed E-state index contributed by atoms with van der Waals surface area (Å²) in [7, 11) is 0. The van der Waals surface area contributed by atoms with E-state index >= 15 is 0 Å². The largest absolute Gasteiger partial charge is 0.294 e. The smallest absolute Gasteiger partial charge is 0.166 e. The van der Waals surface area contributed by atoms with Crippen LogP contribution in [0.5, 0.6) is 0 Å². The summed E-state index contributed by atoms with van der Waals surface area (Å²) in [6.07, 6.45) is 2.18. The summed E-state index contributed by atoms with van der Waals surface area (Å²) in [6.45, 7) is 0. The van der Waals surface area contributed by atoms with Gasteiger partial charge >= 0.3 is 0 Å². The molecular weight excluding hydrogens is 255 g/mol. The van der Waals surface area contributed by atoms with Crippen molar-refractivity contribution in [3.05, 3.63) is 40.3 Å². The first kappa shape index (κ1) is 11.4. The molecule has 5 heteroatoms. The summed E-state index contributed by atoms with van der Waals surface area (Å²) in [5, 5.41) is 7.30. The molecule has 0 saturated heterocycles. The van der Waals surface area contributed by atoms with Crippen LogP contribution in [-0.4, -0.2) is 16.0 Å². The van der Waals surface area contributed by atoms with Crippen molar-refractivity contribution in [3.63, 3.8) is 0 Å². The number of fused-ring (bicyclic) bond motifs is 1. The average molecular weight is 265 g/mol. The van der Waals surface area contributed by atoms with Gasteiger partial charge in [-0.15, -0.1) is 0 Å². The van der Waals surface area contributed by atoms with Gasteiger partial charge in [0.25, 0.3) is 0 Å². The van der Waals surface area contributed by atoms with Gasteiger partial charge in [-0.25, -0.2) is 4.39 Å². The number of rotatable bonds is 1. The monoisotopic (exact) mass is 264 g/mol. The maximum absolute atomic E-state index is 13.0. The Labute approximate surface area is 108 Å². The number of carbonyl (C=O) groups is 1. The highest BCUT2D eigenvalue weighted by atomic mass is 35.5. The normalized spacial score (nSPS) is 14.7. The van der Waals surface area contributed by atoms with Crippen molar-refractivity contribution in [2.24, 2.45) is 0 Å². The lowest BCUT2D eigenvalue weighted by Crippen LogP contribution is -2.10. The molecule has 0 fully saturated rings. The van der Waals surface area contributed by atoms with E-state index in [2.05, 4.69) is 10.2 Å². The van der Waals surface area contributed by atoms with Crippen molar-refractivity contribution in [2.75, 3.05) is 0 Å². The highest BCUT2D eigenvalue weighted by molar-refractivity contribution is 6.33. The number of nitrogens with zero attached hydrogens (tertiary/aromatic N) is 1. The Kier molecular flexibility index (Phi) is 2.67. The van der Waals surface area contributed by atoms with Crippen LogP contribution < -0.4 is 0 Å². The molecule has 1 aromatic heterocycles. The third-order valence-corrected chi connectivity index (χ3v) is 3.45. The Bertz CT molecular complexity index is 636. The molecule has 0 atom stereocenters. The van der Waals surface area contributed by atoms with Crippen LogP contribution in [-0.2, 0) is 6.42 Å². The van der Waals surface area contributed by atoms with Crippen molar-refractivity contribution in [1.82, 2.24) is 10.2 Å². The molecule has 0 spiro atoms. The van der Waals surface area contributed by atoms with Gasteiger partial charge in [0.1, 0.15) is 11.5 Å². The van der Waals surface area contributed by atoms with Crippen LogP contribution >= 0.6 is 11.6 Å². The Balaban J connectivity index is 2.18. The SMILES string of the molecule is O=C1CCCc2[nH]nc(-c3ccc(F)cc3Cl)c21. The second kappa shape index (κ2) is 4.21. The molecule has 1 aromatic carbocycles. The van der Waals surface area contributed by atoms with E-state index < -0.39 is 5.82 Å². The number of ketones is 1. The van der Waals surface area contributed by atoms with E-state index in [0.29, 0.717) is 23.2 Å². The van der Waals surface area contributed by atoms with E-state index in [4.69, 9.17) is 11.6 Å². The third kappa shape index (κ3) is 1.73. The van der Waals surface area contributed by atoms with E-state index in [1.165, 1.54) is 12.1 Å². The number of halogens is 2. The van der Waals surface area contributed by atoms with Crippen LogP contribution in [0.3, 0.4) is 0 Å². The molecule has 3 rings (SSSR count). The Morgan fingerprint density at radius 2 is 2.17 bits per heavy atom. The topological polar surface area (TPSA) is 45.8 Å². The highest BCUT2D eigenvalue weighted by Gasteiger charge is 2.25. The van der Waals surface area contributed by atoms with E-state index in [9.17, 15) is 9.18 Å². The molecule has 3 nitrogen and oxygen atoms in total. The molecule has 1 N–H and O–H groups in total. The number of aryl methyl sites for hydroxylation is 1. The number of H-pyrrole nitrogens is 1. The van der Waals surface area contributed by atoms with Gasteiger partial charge < -0.3 is 0 Å². The van der Waals surface area contributed by atoms with Crippen molar-refractivity contribution < 1.29 is 9.18 Å². The van der Waals surface area contributed by atoms with Crippen LogP contribution in [0.2, 0.25) is 5.02 Å². The van der Waals surface area contributed by atoms with Gasteiger partial charge in [0.2, 0.25) is 0 Å². The van der Waals surface area contributed by atoms with Gasteiger partial charge in [-0.2, -0.15) is 5.10 Å². The van der Waals surface area contributed by atoms with Crippen molar-refractivity contribution in [3.8, 4) is 11.3 Å². The Hall–Kier alpha value is -1.68. The molecule has 0 bridgehead atoms. The standard InChI is InChI=1S/C13H10ClFN2O/c14-9-6-7(15)4-5-8(9)13-12-10(16-17-13)2-1-3-11(12)18/h4-6H,1-3H2,(H,16,17). The molecule has 0 amide bonds. The number of carbonyl (C=O) groups excluding carboxylic acids is 1. The first-order chi connectivity index (χ1) is 8.66. The summed E-state index contributed by atoms with van der Waals surface area (Å²) in [4.78, 5) is 11.9. The summed E-state index contributed by atoms with van der Waals surface area (Å²) in [5.41, 5.74) is 2.57. The zero-order valence-electron chi connectivity index (χ0n) is 9.46. The summed E-state index contributed by atoms with van der Waals surface area (Å²) in [5.74, 6) is -0.333. The summed E-state index contributed by atoms with van der Waals surface area (Å²) >= 11 is 6.01. The molecule has 18 heavy (non-hydrogen) atoms. The molecule has 0 unspecified atom stereocenters. The minimum Gasteiger partial charge on any atom is -0.294 e. The lowest BCUT2D eigenvalue weighted by molar-refractivity contribution is 0.0973. The maximum atomic E-state index is 13.0. The van der Waals surface area contributed by atoms with Crippen LogP contribution in [0.15, 0.2) is 18.2 Å². The minimum atomic E-state index is -0.403. The number of nitrogens with one attached hydrogen (secondary N) is 1. The number of Topliss-reactive ketones (excluding diaryl/α,β-unsaturated/α-hetero) is 1. The Morgan fingerprint density at radius 3 is 2.94 bits per heavy atom. The van der Waals surface area contributed by atoms with Crippen LogP contribution in [0.4, 0.5) is 4.39 Å². The van der Waals surface area contributed by atoms with Crippen molar-refractivity contribution in [1.29, 1.82) is 0 Å². The van der Waals surface area contributed by atoms with Gasteiger partial charge in [0.05, 0.1) is 10.6 Å². The zero-order chi connectivity index (χ0) is 12.7. The molecule has 1 aliphatic carbocycles. The van der Waals surface area contributed by atoms with Crippen LogP contribution in [0.25, 0.3) is 11.3 Å². The number of hydrogen-bond acceptors (Lipinski definition) is 2. The number of hydrogen-bond donors (Lipinski definition) is 1. The minimum absolute atomic E-state index is 0.0698. The number of benzene rings is 1. The first-order valence-electron chi connectivity index (χ1n) is 5.72. The first-order valence-corrected chi connectivity index (χ1v) is 6.10. The maximum Gasteiger partial charge on any atom is 0.166 e. The molecule has 1 heterocycles. The zero-order valence-corrected chi connectivity index (χ0v) is 10.2. The van der Waals surface area contributed by atoms with Crippen LogP contribution in [0, 0.1) is 5.82 Å². The molecular formula is C13H10ClFN2O. The van der Waals surface area contributed by atoms with Crippen LogP contribution in [0.1, 0.15) is 28.9 Å². The molecule has 0 radical (unpaired) electrons. The van der Waals surface area contributed by atoms with Gasteiger partial charge in [-0.1, -0.05) is 11.6 Å². The number of aromatic amines is 1. The third-order valence-electron chi connectivity index (χ3n) is 3.14. The second-order valence-corrected chi connectivity index (χ2v) is 4.73. The Morgan fingerprint density at radius 1 is 1.33 bits per heavy atom. The van der Waals surface area contributed by atoms with Crippen molar-refractivity contribution >= 4 is 17.4 Å². The predicted octanol–water partition coefficient (Wildman–Crippen LogP) is 3.39. The average Bonchev–Trinajstić information content (AvgIpc) is 2.74.